The fourth-order valence-corrected chi connectivity index (χ4v) is 2.24. The zero-order chi connectivity index (χ0) is 13.8. The van der Waals surface area contributed by atoms with Gasteiger partial charge in [-0.15, -0.1) is 0 Å². The van der Waals surface area contributed by atoms with Crippen molar-refractivity contribution in [1.29, 1.82) is 0 Å². The molecule has 0 N–H and O–H groups in total. The van der Waals surface area contributed by atoms with Crippen LogP contribution in [0.4, 0.5) is 5.82 Å². The van der Waals surface area contributed by atoms with Crippen LogP contribution in [-0.4, -0.2) is 47.8 Å². The summed E-state index contributed by atoms with van der Waals surface area (Å²) in [4.78, 5) is 30.9. The molecular formula is C14H19N3O2. The number of ketones is 1. The lowest BCUT2D eigenvalue weighted by molar-refractivity contribution is -0.128. The maximum atomic E-state index is 11.4. The third-order valence-electron chi connectivity index (χ3n) is 3.42. The highest BCUT2D eigenvalue weighted by Crippen LogP contribution is 2.14. The number of Topliss-reactive ketones (excluding diaryl/α,β-unsaturated/α-hetero) is 1. The summed E-state index contributed by atoms with van der Waals surface area (Å²) in [6, 6.07) is 3.68. The Bertz CT molecular complexity index is 470. The summed E-state index contributed by atoms with van der Waals surface area (Å²) in [6.07, 6.45) is 2.56. The van der Waals surface area contributed by atoms with Crippen LogP contribution in [0.15, 0.2) is 18.3 Å². The summed E-state index contributed by atoms with van der Waals surface area (Å²) in [5.41, 5.74) is 0.629. The lowest BCUT2D eigenvalue weighted by Crippen LogP contribution is -2.33. The Balaban J connectivity index is 2.05. The number of aromatic nitrogens is 1. The minimum absolute atomic E-state index is 0.0256. The maximum absolute atomic E-state index is 11.4. The first-order chi connectivity index (χ1) is 9.08. The third kappa shape index (κ3) is 3.30. The number of hydrogen-bond donors (Lipinski definition) is 0. The number of rotatable bonds is 2. The first kappa shape index (κ1) is 13.5. The molecule has 1 aliphatic heterocycles. The van der Waals surface area contributed by atoms with Crippen LogP contribution >= 0.6 is 0 Å². The number of hydrogen-bond acceptors (Lipinski definition) is 4. The Morgan fingerprint density at radius 2 is 1.89 bits per heavy atom. The van der Waals surface area contributed by atoms with Crippen molar-refractivity contribution in [3.05, 3.63) is 23.9 Å². The molecule has 0 saturated carbocycles. The summed E-state index contributed by atoms with van der Waals surface area (Å²) < 4.78 is 0. The second-order valence-electron chi connectivity index (χ2n) is 4.81. The van der Waals surface area contributed by atoms with Gasteiger partial charge in [0.2, 0.25) is 5.91 Å². The highest BCUT2D eigenvalue weighted by Gasteiger charge is 2.17. The van der Waals surface area contributed by atoms with E-state index in [4.69, 9.17) is 0 Å². The average Bonchev–Trinajstić information content (AvgIpc) is 2.64. The number of nitrogens with zero attached hydrogens (tertiary/aromatic N) is 3. The second kappa shape index (κ2) is 5.82. The number of anilines is 1. The molecule has 0 spiro atoms. The van der Waals surface area contributed by atoms with Crippen LogP contribution in [0.2, 0.25) is 0 Å². The topological polar surface area (TPSA) is 53.5 Å². The molecule has 1 aliphatic rings. The van der Waals surface area contributed by atoms with Gasteiger partial charge in [-0.2, -0.15) is 0 Å². The van der Waals surface area contributed by atoms with Gasteiger partial charge >= 0.3 is 0 Å². The van der Waals surface area contributed by atoms with Gasteiger partial charge in [0.25, 0.3) is 0 Å². The molecular weight excluding hydrogens is 242 g/mol. The van der Waals surface area contributed by atoms with Gasteiger partial charge in [-0.05, 0) is 25.5 Å². The smallest absolute Gasteiger partial charge is 0.219 e. The predicted molar refractivity (Wildman–Crippen MR) is 73.3 cm³/mol. The highest BCUT2D eigenvalue weighted by molar-refractivity contribution is 5.93. The van der Waals surface area contributed by atoms with E-state index in [9.17, 15) is 9.59 Å². The molecule has 102 valence electrons. The Labute approximate surface area is 113 Å². The van der Waals surface area contributed by atoms with Crippen LogP contribution in [0, 0.1) is 0 Å². The zero-order valence-corrected chi connectivity index (χ0v) is 11.4. The van der Waals surface area contributed by atoms with E-state index in [0.717, 1.165) is 38.4 Å². The molecule has 1 saturated heterocycles. The molecule has 0 atom stereocenters. The molecule has 1 fully saturated rings. The van der Waals surface area contributed by atoms with E-state index >= 15 is 0 Å². The summed E-state index contributed by atoms with van der Waals surface area (Å²) in [6.45, 7) is 6.34. The van der Waals surface area contributed by atoms with Crippen LogP contribution in [0.5, 0.6) is 0 Å². The quantitative estimate of drug-likeness (QED) is 0.754. The third-order valence-corrected chi connectivity index (χ3v) is 3.42. The van der Waals surface area contributed by atoms with Gasteiger partial charge in [-0.1, -0.05) is 0 Å². The van der Waals surface area contributed by atoms with Gasteiger partial charge in [0.05, 0.1) is 0 Å². The SMILES string of the molecule is CC(=O)c1ccc(N2CCCN(C(C)=O)CC2)nc1. The van der Waals surface area contributed by atoms with Crippen LogP contribution in [0.25, 0.3) is 0 Å². The summed E-state index contributed by atoms with van der Waals surface area (Å²) in [5, 5.41) is 0. The van der Waals surface area contributed by atoms with Crippen LogP contribution in [-0.2, 0) is 4.79 Å². The van der Waals surface area contributed by atoms with Crippen molar-refractivity contribution in [3.8, 4) is 0 Å². The minimum Gasteiger partial charge on any atom is -0.355 e. The van der Waals surface area contributed by atoms with Crippen LogP contribution in [0.1, 0.15) is 30.6 Å². The summed E-state index contributed by atoms with van der Waals surface area (Å²) in [5.74, 6) is 1.02. The van der Waals surface area contributed by atoms with Crippen molar-refractivity contribution in [3.63, 3.8) is 0 Å². The predicted octanol–water partition coefficient (Wildman–Crippen LogP) is 1.34. The summed E-state index contributed by atoms with van der Waals surface area (Å²) in [7, 11) is 0. The van der Waals surface area contributed by atoms with Crippen molar-refractivity contribution < 1.29 is 9.59 Å². The van der Waals surface area contributed by atoms with Gasteiger partial charge in [-0.25, -0.2) is 4.98 Å². The van der Waals surface area contributed by atoms with E-state index in [1.807, 2.05) is 11.0 Å². The normalized spacial score (nSPS) is 16.1. The lowest BCUT2D eigenvalue weighted by atomic mass is 10.2. The molecule has 0 radical (unpaired) electrons. The van der Waals surface area contributed by atoms with E-state index in [-0.39, 0.29) is 11.7 Å². The second-order valence-corrected chi connectivity index (χ2v) is 4.81. The lowest BCUT2D eigenvalue weighted by Gasteiger charge is -2.22. The fourth-order valence-electron chi connectivity index (χ4n) is 2.24. The van der Waals surface area contributed by atoms with E-state index in [1.54, 1.807) is 19.2 Å². The van der Waals surface area contributed by atoms with E-state index < -0.39 is 0 Å². The van der Waals surface area contributed by atoms with Crippen molar-refractivity contribution in [2.75, 3.05) is 31.1 Å². The number of carbonyl (C=O) groups excluding carboxylic acids is 2. The molecule has 19 heavy (non-hydrogen) atoms. The average molecular weight is 261 g/mol. The Morgan fingerprint density at radius 1 is 1.11 bits per heavy atom. The zero-order valence-electron chi connectivity index (χ0n) is 11.4. The van der Waals surface area contributed by atoms with Gasteiger partial charge < -0.3 is 9.80 Å². The van der Waals surface area contributed by atoms with Crippen LogP contribution in [0.3, 0.4) is 0 Å². The molecule has 1 amide bonds. The van der Waals surface area contributed by atoms with Gasteiger partial charge in [-0.3, -0.25) is 9.59 Å². The van der Waals surface area contributed by atoms with Crippen molar-refractivity contribution in [2.45, 2.75) is 20.3 Å². The fraction of sp³-hybridized carbons (Fsp3) is 0.500. The molecule has 0 unspecified atom stereocenters. The number of carbonyl (C=O) groups is 2. The largest absolute Gasteiger partial charge is 0.355 e. The first-order valence-corrected chi connectivity index (χ1v) is 6.55. The van der Waals surface area contributed by atoms with Crippen molar-refractivity contribution >= 4 is 17.5 Å². The van der Waals surface area contributed by atoms with Crippen LogP contribution < -0.4 is 4.90 Å². The molecule has 2 heterocycles. The monoisotopic (exact) mass is 261 g/mol. The Hall–Kier alpha value is -1.91. The summed E-state index contributed by atoms with van der Waals surface area (Å²) >= 11 is 0. The van der Waals surface area contributed by atoms with E-state index in [1.165, 1.54) is 6.92 Å². The molecule has 1 aromatic rings. The molecule has 0 aliphatic carbocycles. The molecule has 0 bridgehead atoms. The number of pyridine rings is 1. The van der Waals surface area contributed by atoms with Crippen molar-refractivity contribution in [1.82, 2.24) is 9.88 Å². The van der Waals surface area contributed by atoms with Crippen molar-refractivity contribution in [2.24, 2.45) is 0 Å². The number of amides is 1. The van der Waals surface area contributed by atoms with Gasteiger partial charge in [0, 0.05) is 44.9 Å². The molecule has 0 aromatic carbocycles. The molecule has 5 nitrogen and oxygen atoms in total. The first-order valence-electron chi connectivity index (χ1n) is 6.55. The molecule has 1 aromatic heterocycles. The molecule has 2 rings (SSSR count). The Morgan fingerprint density at radius 3 is 2.47 bits per heavy atom. The van der Waals surface area contributed by atoms with Gasteiger partial charge in [0.1, 0.15) is 5.82 Å². The van der Waals surface area contributed by atoms with Gasteiger partial charge in [0.15, 0.2) is 5.78 Å². The van der Waals surface area contributed by atoms with E-state index in [0.29, 0.717) is 5.56 Å². The molecule has 5 heteroatoms. The van der Waals surface area contributed by atoms with E-state index in [2.05, 4.69) is 9.88 Å². The standard InChI is InChI=1S/C14H19N3O2/c1-11(18)13-4-5-14(15-10-13)17-7-3-6-16(8-9-17)12(2)19/h4-5,10H,3,6-9H2,1-2H3. The highest BCUT2D eigenvalue weighted by atomic mass is 16.2. The Kier molecular flexibility index (Phi) is 4.14. The maximum Gasteiger partial charge on any atom is 0.219 e. The minimum atomic E-state index is 0.0256.